The van der Waals surface area contributed by atoms with Gasteiger partial charge in [0.1, 0.15) is 5.82 Å². The molecule has 5 nitrogen and oxygen atoms in total. The van der Waals surface area contributed by atoms with Gasteiger partial charge in [-0.2, -0.15) is 0 Å². The molecule has 1 aliphatic rings. The number of hydrogen-bond donors (Lipinski definition) is 1. The van der Waals surface area contributed by atoms with E-state index in [1.165, 1.54) is 28.8 Å². The maximum absolute atomic E-state index is 13.6. The average Bonchev–Trinajstić information content (AvgIpc) is 2.48. The fourth-order valence-electron chi connectivity index (χ4n) is 2.39. The molecule has 1 N–H and O–H groups in total. The quantitative estimate of drug-likeness (QED) is 0.781. The van der Waals surface area contributed by atoms with E-state index in [1.54, 1.807) is 12.1 Å². The number of piperidine rings is 1. The van der Waals surface area contributed by atoms with Gasteiger partial charge in [-0.15, -0.1) is 0 Å². The summed E-state index contributed by atoms with van der Waals surface area (Å²) in [5.74, 6) is -0.721. The van der Waals surface area contributed by atoms with Crippen LogP contribution in [0.1, 0.15) is 18.4 Å². The smallest absolute Gasteiger partial charge is 0.244 e. The Morgan fingerprint density at radius 1 is 1.39 bits per heavy atom. The lowest BCUT2D eigenvalue weighted by Gasteiger charge is -2.30. The SMILES string of the molecule is CS(=O)(=O)N1CCC(NC(=O)/C=C/c2cc(Br)ccc2F)CC1. The lowest BCUT2D eigenvalue weighted by Crippen LogP contribution is -2.45. The van der Waals surface area contributed by atoms with Crippen molar-refractivity contribution in [2.45, 2.75) is 18.9 Å². The van der Waals surface area contributed by atoms with Gasteiger partial charge in [-0.1, -0.05) is 15.9 Å². The van der Waals surface area contributed by atoms with Gasteiger partial charge < -0.3 is 5.32 Å². The largest absolute Gasteiger partial charge is 0.350 e. The van der Waals surface area contributed by atoms with Crippen LogP contribution in [0, 0.1) is 5.82 Å². The van der Waals surface area contributed by atoms with Gasteiger partial charge >= 0.3 is 0 Å². The van der Waals surface area contributed by atoms with Crippen LogP contribution < -0.4 is 5.32 Å². The zero-order valence-electron chi connectivity index (χ0n) is 12.6. The van der Waals surface area contributed by atoms with Crippen molar-refractivity contribution in [3.05, 3.63) is 40.1 Å². The lowest BCUT2D eigenvalue weighted by atomic mass is 10.1. The number of amides is 1. The molecule has 0 bridgehead atoms. The predicted molar refractivity (Wildman–Crippen MR) is 90.7 cm³/mol. The number of halogens is 2. The van der Waals surface area contributed by atoms with Crippen molar-refractivity contribution >= 4 is 37.9 Å². The van der Waals surface area contributed by atoms with E-state index in [9.17, 15) is 17.6 Å². The van der Waals surface area contributed by atoms with Crippen molar-refractivity contribution in [3.63, 3.8) is 0 Å². The first kappa shape index (κ1) is 18.1. The first-order valence-corrected chi connectivity index (χ1v) is 9.78. The number of rotatable bonds is 4. The Kier molecular flexibility index (Phi) is 5.94. The Morgan fingerprint density at radius 3 is 2.65 bits per heavy atom. The minimum atomic E-state index is -3.17. The molecule has 0 aromatic heterocycles. The molecule has 23 heavy (non-hydrogen) atoms. The second-order valence-electron chi connectivity index (χ2n) is 5.44. The first-order chi connectivity index (χ1) is 10.8. The van der Waals surface area contributed by atoms with Crippen LogP contribution in [0.15, 0.2) is 28.7 Å². The molecule has 1 fully saturated rings. The Morgan fingerprint density at radius 2 is 2.04 bits per heavy atom. The highest BCUT2D eigenvalue weighted by Gasteiger charge is 2.25. The van der Waals surface area contributed by atoms with Gasteiger partial charge in [0.25, 0.3) is 0 Å². The fraction of sp³-hybridized carbons (Fsp3) is 0.400. The number of nitrogens with one attached hydrogen (secondary N) is 1. The maximum Gasteiger partial charge on any atom is 0.244 e. The number of nitrogens with zero attached hydrogens (tertiary/aromatic N) is 1. The zero-order valence-corrected chi connectivity index (χ0v) is 15.0. The summed E-state index contributed by atoms with van der Waals surface area (Å²) in [5.41, 5.74) is 0.321. The van der Waals surface area contributed by atoms with Crippen LogP contribution in [0.5, 0.6) is 0 Å². The molecule has 1 aromatic rings. The molecular weight excluding hydrogens is 387 g/mol. The van der Waals surface area contributed by atoms with E-state index in [2.05, 4.69) is 21.2 Å². The number of hydrogen-bond acceptors (Lipinski definition) is 3. The van der Waals surface area contributed by atoms with E-state index in [0.717, 1.165) is 4.47 Å². The van der Waals surface area contributed by atoms with E-state index in [0.29, 0.717) is 31.5 Å². The Hall–Kier alpha value is -1.25. The monoisotopic (exact) mass is 404 g/mol. The van der Waals surface area contributed by atoms with E-state index in [-0.39, 0.29) is 11.9 Å². The molecule has 0 radical (unpaired) electrons. The number of sulfonamides is 1. The van der Waals surface area contributed by atoms with Gasteiger partial charge in [0.15, 0.2) is 0 Å². The van der Waals surface area contributed by atoms with Crippen LogP contribution in [-0.2, 0) is 14.8 Å². The van der Waals surface area contributed by atoms with Crippen molar-refractivity contribution in [3.8, 4) is 0 Å². The van der Waals surface area contributed by atoms with E-state index < -0.39 is 15.8 Å². The summed E-state index contributed by atoms with van der Waals surface area (Å²) in [4.78, 5) is 11.9. The minimum absolute atomic E-state index is 0.0718. The van der Waals surface area contributed by atoms with Crippen molar-refractivity contribution in [1.82, 2.24) is 9.62 Å². The van der Waals surface area contributed by atoms with Gasteiger partial charge in [0.05, 0.1) is 6.26 Å². The van der Waals surface area contributed by atoms with Gasteiger partial charge in [0, 0.05) is 35.2 Å². The second-order valence-corrected chi connectivity index (χ2v) is 8.34. The Bertz CT molecular complexity index is 713. The molecule has 0 aliphatic carbocycles. The molecule has 1 aromatic carbocycles. The van der Waals surface area contributed by atoms with Crippen LogP contribution >= 0.6 is 15.9 Å². The number of benzene rings is 1. The molecule has 1 saturated heterocycles. The molecular formula is C15H18BrFN2O3S. The normalized spacial score (nSPS) is 17.5. The third-order valence-corrected chi connectivity index (χ3v) is 5.44. The van der Waals surface area contributed by atoms with Crippen molar-refractivity contribution in [2.24, 2.45) is 0 Å². The summed E-state index contributed by atoms with van der Waals surface area (Å²) in [5, 5.41) is 2.81. The molecule has 8 heteroatoms. The standard InChI is InChI=1S/C15H18BrFN2O3S/c1-23(21,22)19-8-6-13(7-9-19)18-15(20)5-2-11-10-12(16)3-4-14(11)17/h2-5,10,13H,6-9H2,1H3,(H,18,20)/b5-2+. The summed E-state index contributed by atoms with van der Waals surface area (Å²) < 4.78 is 38.5. The minimum Gasteiger partial charge on any atom is -0.350 e. The molecule has 0 atom stereocenters. The predicted octanol–water partition coefficient (Wildman–Crippen LogP) is 2.14. The van der Waals surface area contributed by atoms with Gasteiger partial charge in [-0.25, -0.2) is 17.1 Å². The summed E-state index contributed by atoms with van der Waals surface area (Å²) >= 11 is 3.25. The van der Waals surface area contributed by atoms with Gasteiger partial charge in [-0.3, -0.25) is 4.79 Å². The summed E-state index contributed by atoms with van der Waals surface area (Å²) in [6, 6.07) is 4.42. The van der Waals surface area contributed by atoms with Crippen LogP contribution in [0.25, 0.3) is 6.08 Å². The number of carbonyl (C=O) groups is 1. The van der Waals surface area contributed by atoms with Crippen LogP contribution in [-0.4, -0.2) is 44.0 Å². The van der Waals surface area contributed by atoms with E-state index in [4.69, 9.17) is 0 Å². The first-order valence-electron chi connectivity index (χ1n) is 7.14. The summed E-state index contributed by atoms with van der Waals surface area (Å²) in [7, 11) is -3.17. The highest BCUT2D eigenvalue weighted by molar-refractivity contribution is 9.10. The van der Waals surface area contributed by atoms with Gasteiger partial charge in [-0.05, 0) is 37.1 Å². The Labute approximate surface area is 143 Å². The van der Waals surface area contributed by atoms with Crippen LogP contribution in [0.2, 0.25) is 0 Å². The van der Waals surface area contributed by atoms with Gasteiger partial charge in [0.2, 0.25) is 15.9 Å². The summed E-state index contributed by atoms with van der Waals surface area (Å²) in [6.45, 7) is 0.793. The highest BCUT2D eigenvalue weighted by atomic mass is 79.9. The second kappa shape index (κ2) is 7.55. The van der Waals surface area contributed by atoms with Crippen LogP contribution in [0.3, 0.4) is 0 Å². The van der Waals surface area contributed by atoms with E-state index >= 15 is 0 Å². The van der Waals surface area contributed by atoms with Crippen molar-refractivity contribution in [1.29, 1.82) is 0 Å². The average molecular weight is 405 g/mol. The fourth-order valence-corrected chi connectivity index (χ4v) is 3.64. The molecule has 1 heterocycles. The zero-order chi connectivity index (χ0) is 17.0. The Balaban J connectivity index is 1.88. The molecule has 126 valence electrons. The molecule has 2 rings (SSSR count). The molecule has 0 unspecified atom stereocenters. The van der Waals surface area contributed by atoms with Crippen LogP contribution in [0.4, 0.5) is 4.39 Å². The molecule has 0 saturated carbocycles. The topological polar surface area (TPSA) is 66.5 Å². The third-order valence-electron chi connectivity index (χ3n) is 3.64. The molecule has 0 spiro atoms. The van der Waals surface area contributed by atoms with Crippen molar-refractivity contribution in [2.75, 3.05) is 19.3 Å². The molecule has 1 aliphatic heterocycles. The maximum atomic E-state index is 13.6. The third kappa shape index (κ3) is 5.40. The van der Waals surface area contributed by atoms with E-state index in [1.807, 2.05) is 0 Å². The molecule has 1 amide bonds. The number of carbonyl (C=O) groups excluding carboxylic acids is 1. The highest BCUT2D eigenvalue weighted by Crippen LogP contribution is 2.17. The summed E-state index contributed by atoms with van der Waals surface area (Å²) in [6.07, 6.45) is 5.02. The van der Waals surface area contributed by atoms with Crippen molar-refractivity contribution < 1.29 is 17.6 Å². The lowest BCUT2D eigenvalue weighted by molar-refractivity contribution is -0.117.